The average Bonchev–Trinajstić information content (AvgIpc) is 3.89. The van der Waals surface area contributed by atoms with Crippen LogP contribution >= 0.6 is 0 Å². The lowest BCUT2D eigenvalue weighted by molar-refractivity contribution is -0.142. The first-order valence-corrected chi connectivity index (χ1v) is 19.2. The summed E-state index contributed by atoms with van der Waals surface area (Å²) in [6, 6.07) is 16.6. The van der Waals surface area contributed by atoms with Gasteiger partial charge in [-0.3, -0.25) is 19.1 Å². The molecule has 2 aliphatic heterocycles. The van der Waals surface area contributed by atoms with Gasteiger partial charge in [-0.1, -0.05) is 67.5 Å². The zero-order valence-electron chi connectivity index (χ0n) is 28.0. The third kappa shape index (κ3) is 7.04. The first-order chi connectivity index (χ1) is 23.6. The van der Waals surface area contributed by atoms with Crippen LogP contribution in [-0.2, 0) is 30.8 Å². The fourth-order valence-electron chi connectivity index (χ4n) is 7.53. The lowest BCUT2D eigenvalue weighted by atomic mass is 9.90. The van der Waals surface area contributed by atoms with E-state index in [1.807, 2.05) is 42.5 Å². The van der Waals surface area contributed by atoms with Crippen molar-refractivity contribution in [2.75, 3.05) is 6.54 Å². The molecule has 260 valence electrons. The quantitative estimate of drug-likeness (QED) is 0.289. The van der Waals surface area contributed by atoms with Crippen LogP contribution < -0.4 is 9.46 Å². The lowest BCUT2D eigenvalue weighted by Gasteiger charge is -2.29. The summed E-state index contributed by atoms with van der Waals surface area (Å²) in [5.41, 5.74) is 1.21. The fourth-order valence-corrected chi connectivity index (χ4v) is 8.86. The highest BCUT2D eigenvalue weighted by Gasteiger charge is 2.62. The molecule has 3 aromatic rings. The second-order valence-electron chi connectivity index (χ2n) is 14.7. The minimum absolute atomic E-state index is 0.0801. The smallest absolute Gasteiger partial charge is 0.394 e. The highest BCUT2D eigenvalue weighted by atomic mass is 32.2. The van der Waals surface area contributed by atoms with Crippen LogP contribution in [0.4, 0.5) is 0 Å². The van der Waals surface area contributed by atoms with Gasteiger partial charge in [-0.25, -0.2) is 8.42 Å². The molecule has 5 atom stereocenters. The maximum atomic E-state index is 14.5. The molecule has 2 amide bonds. The average molecular weight is 688 g/mol. The predicted molar refractivity (Wildman–Crippen MR) is 184 cm³/mol. The molecule has 0 radical (unpaired) electrons. The summed E-state index contributed by atoms with van der Waals surface area (Å²) in [6.07, 6.45) is 10.8. The molecule has 1 saturated heterocycles. The Hall–Kier alpha value is -3.99. The van der Waals surface area contributed by atoms with E-state index in [2.05, 4.69) is 27.9 Å². The molecule has 11 heteroatoms. The van der Waals surface area contributed by atoms with E-state index in [9.17, 15) is 22.8 Å². The number of Topliss-reactive ketones (excluding diaryl/α,β-unsaturated/α-hetero) is 1. The van der Waals surface area contributed by atoms with Crippen molar-refractivity contribution >= 4 is 38.7 Å². The Morgan fingerprint density at radius 3 is 2.61 bits per heavy atom. The number of hydrogen-bond donors (Lipinski definition) is 1. The van der Waals surface area contributed by atoms with Gasteiger partial charge in [0.25, 0.3) is 0 Å². The standard InChI is InChI=1S/C38H45N3O7S/c1-37(20-21-37)49(45,46)40-35(44)38-23-28(38)15-9-4-2-3-8-14-27(19-18-26-12-6-5-7-13-26)34(43)41-25-29(22-31(41)32(42)24-38)47-36-39-30-16-10-11-17-33(30)48-36/h5-7,9-13,15-17,27-29,31H,2-4,8,14,18-25H2,1H3,(H,40,44)/b15-9-/t27-,28-,29-,31+,38-/m1/s1. The van der Waals surface area contributed by atoms with Gasteiger partial charge in [0.1, 0.15) is 11.6 Å². The van der Waals surface area contributed by atoms with E-state index in [1.165, 1.54) is 0 Å². The van der Waals surface area contributed by atoms with Gasteiger partial charge in [0, 0.05) is 18.8 Å². The molecule has 1 N–H and O–H groups in total. The van der Waals surface area contributed by atoms with Crippen LogP contribution in [0, 0.1) is 17.3 Å². The minimum atomic E-state index is -3.88. The summed E-state index contributed by atoms with van der Waals surface area (Å²) >= 11 is 0. The van der Waals surface area contributed by atoms with Gasteiger partial charge in [0.05, 0.1) is 22.7 Å². The second kappa shape index (κ2) is 13.4. The molecule has 2 aliphatic carbocycles. The molecule has 2 saturated carbocycles. The SMILES string of the molecule is CC1(S(=O)(=O)NC(=O)[C@]23CC(=O)[C@@H]4C[C@@H](Oc5nc6ccccc6o5)CN4C(=O)[C@@H](CCc4ccccc4)CCCCC/C=C\[C@@H]2C3)CC1. The van der Waals surface area contributed by atoms with Crippen LogP contribution in [0.1, 0.15) is 83.1 Å². The topological polar surface area (TPSA) is 136 Å². The Kier molecular flexibility index (Phi) is 9.15. The Morgan fingerprint density at radius 1 is 1.06 bits per heavy atom. The van der Waals surface area contributed by atoms with E-state index in [-0.39, 0.29) is 49.0 Å². The summed E-state index contributed by atoms with van der Waals surface area (Å²) in [4.78, 5) is 48.8. The van der Waals surface area contributed by atoms with Crippen molar-refractivity contribution in [3.05, 3.63) is 72.3 Å². The number of carbonyl (C=O) groups excluding carboxylic acids is 3. The Morgan fingerprint density at radius 2 is 1.84 bits per heavy atom. The lowest BCUT2D eigenvalue weighted by Crippen LogP contribution is -2.47. The van der Waals surface area contributed by atoms with Crippen molar-refractivity contribution in [1.29, 1.82) is 0 Å². The summed E-state index contributed by atoms with van der Waals surface area (Å²) in [5.74, 6) is -1.49. The number of nitrogens with one attached hydrogen (secondary N) is 1. The Bertz CT molecular complexity index is 1820. The third-order valence-electron chi connectivity index (χ3n) is 11.1. The Balaban J connectivity index is 1.16. The molecule has 0 unspecified atom stereocenters. The monoisotopic (exact) mass is 687 g/mol. The first-order valence-electron chi connectivity index (χ1n) is 17.7. The van der Waals surface area contributed by atoms with Crippen molar-refractivity contribution in [3.63, 3.8) is 0 Å². The molecule has 1 aromatic heterocycles. The van der Waals surface area contributed by atoms with E-state index >= 15 is 0 Å². The number of sulfonamides is 1. The van der Waals surface area contributed by atoms with E-state index in [0.29, 0.717) is 36.8 Å². The highest BCUT2D eigenvalue weighted by Crippen LogP contribution is 2.57. The fraction of sp³-hybridized carbons (Fsp3) is 0.526. The van der Waals surface area contributed by atoms with Crippen LogP contribution in [0.25, 0.3) is 11.1 Å². The van der Waals surface area contributed by atoms with Gasteiger partial charge < -0.3 is 14.1 Å². The van der Waals surface area contributed by atoms with Crippen LogP contribution in [-0.4, -0.2) is 59.3 Å². The van der Waals surface area contributed by atoms with Crippen molar-refractivity contribution in [1.82, 2.24) is 14.6 Å². The zero-order valence-corrected chi connectivity index (χ0v) is 28.8. The molecule has 7 rings (SSSR count). The number of aryl methyl sites for hydroxylation is 1. The van der Waals surface area contributed by atoms with Gasteiger partial charge in [-0.2, -0.15) is 4.98 Å². The van der Waals surface area contributed by atoms with Crippen LogP contribution in [0.5, 0.6) is 6.08 Å². The molecule has 2 aromatic carbocycles. The summed E-state index contributed by atoms with van der Waals surface area (Å²) in [6.45, 7) is 1.82. The molecule has 49 heavy (non-hydrogen) atoms. The van der Waals surface area contributed by atoms with Crippen molar-refractivity contribution < 1.29 is 32.0 Å². The van der Waals surface area contributed by atoms with E-state index in [4.69, 9.17) is 9.15 Å². The number of amides is 2. The molecule has 3 heterocycles. The van der Waals surface area contributed by atoms with E-state index in [1.54, 1.807) is 17.9 Å². The van der Waals surface area contributed by atoms with Crippen molar-refractivity contribution in [2.24, 2.45) is 17.3 Å². The van der Waals surface area contributed by atoms with Gasteiger partial charge in [0.15, 0.2) is 11.4 Å². The molecule has 3 fully saturated rings. The van der Waals surface area contributed by atoms with Crippen LogP contribution in [0.15, 0.2) is 71.2 Å². The summed E-state index contributed by atoms with van der Waals surface area (Å²) in [5, 5.41) is 0. The third-order valence-corrected chi connectivity index (χ3v) is 13.3. The van der Waals surface area contributed by atoms with Crippen LogP contribution in [0.3, 0.4) is 0 Å². The summed E-state index contributed by atoms with van der Waals surface area (Å²) in [7, 11) is -3.88. The van der Waals surface area contributed by atoms with Crippen LogP contribution in [0.2, 0.25) is 0 Å². The molecular weight excluding hydrogens is 642 g/mol. The molecule has 0 bridgehead atoms. The normalized spacial score (nSPS) is 29.3. The number of benzene rings is 2. The highest BCUT2D eigenvalue weighted by molar-refractivity contribution is 7.91. The second-order valence-corrected chi connectivity index (χ2v) is 16.9. The number of aromatic nitrogens is 1. The number of rotatable bonds is 8. The first kappa shape index (κ1) is 33.5. The van der Waals surface area contributed by atoms with E-state index < -0.39 is 38.2 Å². The van der Waals surface area contributed by atoms with Crippen molar-refractivity contribution in [3.8, 4) is 6.08 Å². The summed E-state index contributed by atoms with van der Waals surface area (Å²) < 4.78 is 39.6. The van der Waals surface area contributed by atoms with Crippen molar-refractivity contribution in [2.45, 2.75) is 101 Å². The maximum absolute atomic E-state index is 14.5. The van der Waals surface area contributed by atoms with E-state index in [0.717, 1.165) is 44.1 Å². The molecule has 4 aliphatic rings. The number of ketones is 1. The predicted octanol–water partition coefficient (Wildman–Crippen LogP) is 5.91. The number of nitrogens with zero attached hydrogens (tertiary/aromatic N) is 2. The number of oxazole rings is 1. The number of allylic oxidation sites excluding steroid dienone is 2. The largest absolute Gasteiger partial charge is 0.445 e. The Labute approximate surface area is 287 Å². The number of hydrogen-bond acceptors (Lipinski definition) is 8. The number of para-hydroxylation sites is 2. The van der Waals surface area contributed by atoms with Gasteiger partial charge in [-0.05, 0) is 81.9 Å². The van der Waals surface area contributed by atoms with Gasteiger partial charge in [0.2, 0.25) is 21.8 Å². The van der Waals surface area contributed by atoms with Gasteiger partial charge in [-0.15, -0.1) is 0 Å². The number of ether oxygens (including phenoxy) is 1. The number of carbonyl (C=O) groups is 3. The van der Waals surface area contributed by atoms with Gasteiger partial charge >= 0.3 is 6.08 Å². The number of fused-ring (bicyclic) bond motifs is 3. The zero-order chi connectivity index (χ0) is 34.2. The molecular formula is C38H45N3O7S. The minimum Gasteiger partial charge on any atom is -0.445 e. The molecule has 0 spiro atoms. The maximum Gasteiger partial charge on any atom is 0.394 e. The molecule has 10 nitrogen and oxygen atoms in total.